The fourth-order valence-corrected chi connectivity index (χ4v) is 7.07. The Morgan fingerprint density at radius 3 is 2.24 bits per heavy atom. The summed E-state index contributed by atoms with van der Waals surface area (Å²) in [5.41, 5.74) is -4.79. The van der Waals surface area contributed by atoms with Gasteiger partial charge >= 0.3 is 23.9 Å². The third kappa shape index (κ3) is 3.58. The Morgan fingerprint density at radius 2 is 1.68 bits per heavy atom. The average Bonchev–Trinajstić information content (AvgIpc) is 2.77. The molecule has 0 aromatic heterocycles. The molecule has 3 aliphatic carbocycles. The van der Waals surface area contributed by atoms with Crippen LogP contribution in [0, 0.1) is 22.7 Å². The maximum absolute atomic E-state index is 14.3. The standard InChI is InChI=1S/C26H30O11/c1-11-7-17(30)23(36-15(5)29)24(6)22-20(32)21(35-14(4)28)12(2)16-8-19(31)37-18(9-26(11,24)33)25(16,22)10-34-13(3)27/h7-8,12,18,21-23,33H,9-10H2,1-6H3/t12-,18-,21-,22-,23-,24+,25-,26-/m1/s1. The van der Waals surface area contributed by atoms with E-state index in [9.17, 15) is 33.9 Å². The van der Waals surface area contributed by atoms with Gasteiger partial charge in [0.05, 0.1) is 22.3 Å². The van der Waals surface area contributed by atoms with E-state index in [-0.39, 0.29) is 12.0 Å². The SMILES string of the molecule is CC(=O)OC[C@@]12C3=CC(=O)O[C@@H]1C[C@@]1(O)C(C)=CC(=O)[C@@H](OC(C)=O)[C@]1(C)[C@H]2C(=O)[C@H](OC(C)=O)[C@@H]3C. The summed E-state index contributed by atoms with van der Waals surface area (Å²) in [5.74, 6) is -6.54. The van der Waals surface area contributed by atoms with Crippen LogP contribution in [0.3, 0.4) is 0 Å². The lowest BCUT2D eigenvalue weighted by Crippen LogP contribution is -2.78. The minimum absolute atomic E-state index is 0.187. The van der Waals surface area contributed by atoms with E-state index in [1.165, 1.54) is 26.8 Å². The van der Waals surface area contributed by atoms with Crippen LogP contribution in [0.4, 0.5) is 0 Å². The van der Waals surface area contributed by atoms with Gasteiger partial charge in [-0.1, -0.05) is 13.8 Å². The molecule has 0 aromatic carbocycles. The molecular weight excluding hydrogens is 488 g/mol. The lowest BCUT2D eigenvalue weighted by atomic mass is 9.38. The molecule has 0 radical (unpaired) electrons. The van der Waals surface area contributed by atoms with E-state index in [1.54, 1.807) is 6.92 Å². The molecule has 0 unspecified atom stereocenters. The van der Waals surface area contributed by atoms with Crippen molar-refractivity contribution in [2.24, 2.45) is 22.7 Å². The maximum atomic E-state index is 14.3. The number of aliphatic hydroxyl groups is 1. The highest BCUT2D eigenvalue weighted by atomic mass is 16.6. The Morgan fingerprint density at radius 1 is 1.05 bits per heavy atom. The van der Waals surface area contributed by atoms with Crippen molar-refractivity contribution in [1.82, 2.24) is 0 Å². The Hall–Kier alpha value is -3.34. The van der Waals surface area contributed by atoms with E-state index in [1.807, 2.05) is 0 Å². The molecule has 2 fully saturated rings. The van der Waals surface area contributed by atoms with Gasteiger partial charge in [-0.15, -0.1) is 0 Å². The van der Waals surface area contributed by atoms with E-state index in [2.05, 4.69) is 0 Å². The Bertz CT molecular complexity index is 1180. The molecule has 4 aliphatic rings. The number of hydrogen-bond acceptors (Lipinski definition) is 11. The van der Waals surface area contributed by atoms with Gasteiger partial charge in [0.2, 0.25) is 0 Å². The molecule has 11 nitrogen and oxygen atoms in total. The molecule has 0 saturated heterocycles. The first kappa shape index (κ1) is 26.7. The molecule has 200 valence electrons. The summed E-state index contributed by atoms with van der Waals surface area (Å²) in [6.45, 7) is 7.54. The fraction of sp³-hybridized carbons (Fsp3) is 0.615. The van der Waals surface area contributed by atoms with Gasteiger partial charge < -0.3 is 24.1 Å². The summed E-state index contributed by atoms with van der Waals surface area (Å²) < 4.78 is 22.0. The zero-order chi connectivity index (χ0) is 27.7. The molecule has 0 bridgehead atoms. The first-order valence-electron chi connectivity index (χ1n) is 12.0. The zero-order valence-corrected chi connectivity index (χ0v) is 21.5. The summed E-state index contributed by atoms with van der Waals surface area (Å²) in [5, 5.41) is 12.2. The van der Waals surface area contributed by atoms with E-state index in [4.69, 9.17) is 18.9 Å². The minimum Gasteiger partial charge on any atom is -0.465 e. The number of carbonyl (C=O) groups is 6. The second kappa shape index (κ2) is 8.61. The van der Waals surface area contributed by atoms with Crippen molar-refractivity contribution in [3.05, 3.63) is 23.3 Å². The largest absolute Gasteiger partial charge is 0.465 e. The summed E-state index contributed by atoms with van der Waals surface area (Å²) >= 11 is 0. The molecule has 1 N–H and O–H groups in total. The minimum atomic E-state index is -1.96. The molecule has 4 rings (SSSR count). The first-order valence-corrected chi connectivity index (χ1v) is 12.0. The average molecular weight is 519 g/mol. The third-order valence-corrected chi connectivity index (χ3v) is 8.55. The van der Waals surface area contributed by atoms with E-state index in [0.29, 0.717) is 5.57 Å². The summed E-state index contributed by atoms with van der Waals surface area (Å²) in [7, 11) is 0. The number of esters is 4. The van der Waals surface area contributed by atoms with Crippen LogP contribution in [0.5, 0.6) is 0 Å². The monoisotopic (exact) mass is 518 g/mol. The predicted molar refractivity (Wildman–Crippen MR) is 122 cm³/mol. The second-order valence-corrected chi connectivity index (χ2v) is 10.6. The van der Waals surface area contributed by atoms with E-state index >= 15 is 0 Å². The Labute approximate surface area is 213 Å². The van der Waals surface area contributed by atoms with Crippen LogP contribution in [0.15, 0.2) is 23.3 Å². The smallest absolute Gasteiger partial charge is 0.331 e. The van der Waals surface area contributed by atoms with Crippen LogP contribution >= 0.6 is 0 Å². The van der Waals surface area contributed by atoms with E-state index in [0.717, 1.165) is 19.9 Å². The van der Waals surface area contributed by atoms with Crippen molar-refractivity contribution < 1.29 is 52.8 Å². The van der Waals surface area contributed by atoms with Crippen molar-refractivity contribution in [2.75, 3.05) is 6.61 Å². The van der Waals surface area contributed by atoms with Crippen molar-refractivity contribution in [2.45, 2.75) is 71.9 Å². The van der Waals surface area contributed by atoms with Gasteiger partial charge in [-0.05, 0) is 24.1 Å². The summed E-state index contributed by atoms with van der Waals surface area (Å²) in [6, 6.07) is 0. The predicted octanol–water partition coefficient (Wildman–Crippen LogP) is 0.756. The normalized spacial score (nSPS) is 40.3. The molecule has 0 aromatic rings. The maximum Gasteiger partial charge on any atom is 0.331 e. The number of hydrogen-bond donors (Lipinski definition) is 1. The molecule has 37 heavy (non-hydrogen) atoms. The number of ether oxygens (including phenoxy) is 4. The van der Waals surface area contributed by atoms with Crippen molar-refractivity contribution >= 4 is 35.4 Å². The lowest BCUT2D eigenvalue weighted by Gasteiger charge is -2.67. The van der Waals surface area contributed by atoms with Gasteiger partial charge in [-0.25, -0.2) is 4.79 Å². The van der Waals surface area contributed by atoms with Crippen LogP contribution in [0.2, 0.25) is 0 Å². The van der Waals surface area contributed by atoms with Crippen LogP contribution in [-0.4, -0.2) is 71.1 Å². The number of Topliss-reactive ketones (excluding diaryl/α,β-unsaturated/α-hetero) is 1. The highest BCUT2D eigenvalue weighted by Gasteiger charge is 2.78. The summed E-state index contributed by atoms with van der Waals surface area (Å²) in [6.07, 6.45) is -2.08. The Kier molecular flexibility index (Phi) is 6.22. The zero-order valence-electron chi connectivity index (χ0n) is 21.5. The second-order valence-electron chi connectivity index (χ2n) is 10.6. The molecular formula is C26H30O11. The lowest BCUT2D eigenvalue weighted by molar-refractivity contribution is -0.257. The molecule has 1 aliphatic heterocycles. The van der Waals surface area contributed by atoms with E-state index < -0.39 is 88.6 Å². The van der Waals surface area contributed by atoms with Crippen LogP contribution < -0.4 is 0 Å². The van der Waals surface area contributed by atoms with Crippen LogP contribution in [0.1, 0.15) is 48.0 Å². The number of carbonyl (C=O) groups excluding carboxylic acids is 6. The van der Waals surface area contributed by atoms with Crippen LogP contribution in [0.25, 0.3) is 0 Å². The first-order chi connectivity index (χ1) is 17.1. The summed E-state index contributed by atoms with van der Waals surface area (Å²) in [4.78, 5) is 76.4. The van der Waals surface area contributed by atoms with Gasteiger partial charge in [0.1, 0.15) is 12.7 Å². The molecule has 2 saturated carbocycles. The van der Waals surface area contributed by atoms with Crippen molar-refractivity contribution in [3.63, 3.8) is 0 Å². The molecule has 1 heterocycles. The highest BCUT2D eigenvalue weighted by molar-refractivity contribution is 6.01. The number of ketones is 2. The highest BCUT2D eigenvalue weighted by Crippen LogP contribution is 2.68. The number of fused-ring (bicyclic) bond motifs is 2. The quantitative estimate of drug-likeness (QED) is 0.413. The molecule has 11 heteroatoms. The number of rotatable bonds is 4. The van der Waals surface area contributed by atoms with Crippen LogP contribution in [-0.2, 0) is 47.7 Å². The topological polar surface area (TPSA) is 160 Å². The molecule has 0 amide bonds. The van der Waals surface area contributed by atoms with Gasteiger partial charge in [-0.2, -0.15) is 0 Å². The third-order valence-electron chi connectivity index (χ3n) is 8.55. The van der Waals surface area contributed by atoms with Gasteiger partial charge in [0, 0.05) is 39.2 Å². The van der Waals surface area contributed by atoms with Crippen molar-refractivity contribution in [3.8, 4) is 0 Å². The fourth-order valence-electron chi connectivity index (χ4n) is 7.07. The molecule has 8 atom stereocenters. The molecule has 0 spiro atoms. The van der Waals surface area contributed by atoms with Gasteiger partial charge in [0.25, 0.3) is 0 Å². The van der Waals surface area contributed by atoms with Gasteiger partial charge in [0.15, 0.2) is 23.8 Å². The Balaban J connectivity index is 2.08. The van der Waals surface area contributed by atoms with Gasteiger partial charge in [-0.3, -0.25) is 24.0 Å². The van der Waals surface area contributed by atoms with Crippen molar-refractivity contribution in [1.29, 1.82) is 0 Å².